The van der Waals surface area contributed by atoms with Crippen molar-refractivity contribution in [1.82, 2.24) is 18.3 Å². The average molecular weight is 1680 g/mol. The van der Waals surface area contributed by atoms with E-state index >= 15 is 0 Å². The van der Waals surface area contributed by atoms with Crippen LogP contribution in [0.4, 0.5) is 0 Å². The molecular formula is C126H86N4Si. The van der Waals surface area contributed by atoms with Crippen LogP contribution in [0.15, 0.2) is 522 Å². The number of aromatic nitrogens is 4. The Hall–Kier alpha value is -17.0. The second-order valence-corrected chi connectivity index (χ2v) is 38.0. The number of hydrogen-bond donors (Lipinski definition) is 0. The normalized spacial score (nSPS) is 11.7. The van der Waals surface area contributed by atoms with Crippen molar-refractivity contribution in [3.8, 4) is 112 Å². The first-order valence-corrected chi connectivity index (χ1v) is 47.2. The Morgan fingerprint density at radius 2 is 0.321 bits per heavy atom. The molecule has 25 aromatic rings. The zero-order valence-corrected chi connectivity index (χ0v) is 72.9. The Balaban J connectivity index is 0.000000146. The van der Waals surface area contributed by atoms with Gasteiger partial charge in [0.1, 0.15) is 0 Å². The Labute approximate surface area is 762 Å². The second kappa shape index (κ2) is 33.1. The van der Waals surface area contributed by atoms with Crippen LogP contribution in [0.5, 0.6) is 0 Å². The smallest absolute Gasteiger partial charge is 0.179 e. The molecule has 0 aliphatic carbocycles. The molecule has 4 aromatic heterocycles. The van der Waals surface area contributed by atoms with Crippen molar-refractivity contribution in [2.24, 2.45) is 0 Å². The Bertz CT molecular complexity index is 8120. The molecular weight excluding hydrogens is 1600 g/mol. The minimum atomic E-state index is -2.74. The quantitative estimate of drug-likeness (QED) is 0.0679. The van der Waals surface area contributed by atoms with E-state index in [1.165, 1.54) is 197 Å². The van der Waals surface area contributed by atoms with Gasteiger partial charge in [0.05, 0.1) is 44.1 Å². The lowest BCUT2D eigenvalue weighted by molar-refractivity contribution is 1.18. The van der Waals surface area contributed by atoms with Crippen LogP contribution in [0.1, 0.15) is 0 Å². The lowest BCUT2D eigenvalue weighted by atomic mass is 9.98. The highest BCUT2D eigenvalue weighted by Gasteiger charge is 2.42. The van der Waals surface area contributed by atoms with Crippen molar-refractivity contribution in [2.75, 3.05) is 0 Å². The first kappa shape index (κ1) is 77.6. The SMILES string of the molecule is c1ccc(-c2cc(-c3ccccc3)cc(-n3c4ccccc4c4cc(-c5ccc6c(c5)c5ccccc5n6-c5cc(-c6ccccc6)cc(-c6ccccc6)c5)ccc43)c2)cc1.c1ccc(-c2ccc(-c3ccc(-n4c5ccccc5c5cc(-c6ccc7c(c6)c6ccccc6n7-c6cccc([Si](c7ccccc7)(c7ccccc7)c7ccccc7)c6)ccc54)cc3)cc2)cc1. The summed E-state index contributed by atoms with van der Waals surface area (Å²) in [4.78, 5) is 0. The Morgan fingerprint density at radius 1 is 0.107 bits per heavy atom. The molecule has 4 nitrogen and oxygen atoms in total. The molecule has 0 spiro atoms. The van der Waals surface area contributed by atoms with Crippen molar-refractivity contribution in [3.63, 3.8) is 0 Å². The molecule has 0 fully saturated rings. The van der Waals surface area contributed by atoms with Gasteiger partial charge in [-0.1, -0.05) is 388 Å². The third-order valence-corrected chi connectivity index (χ3v) is 31.5. The second-order valence-electron chi connectivity index (χ2n) is 34.2. The number of para-hydroxylation sites is 4. The summed E-state index contributed by atoms with van der Waals surface area (Å²) >= 11 is 0. The maximum atomic E-state index is 2.47. The van der Waals surface area contributed by atoms with Crippen molar-refractivity contribution in [2.45, 2.75) is 0 Å². The van der Waals surface area contributed by atoms with Gasteiger partial charge in [-0.25, -0.2) is 0 Å². The zero-order chi connectivity index (χ0) is 86.7. The van der Waals surface area contributed by atoms with E-state index in [0.29, 0.717) is 0 Å². The molecule has 0 radical (unpaired) electrons. The van der Waals surface area contributed by atoms with E-state index in [2.05, 4.69) is 540 Å². The predicted octanol–water partition coefficient (Wildman–Crippen LogP) is 30.5. The summed E-state index contributed by atoms with van der Waals surface area (Å²) in [6, 6.07) is 192. The largest absolute Gasteiger partial charge is 0.309 e. The van der Waals surface area contributed by atoms with Gasteiger partial charge in [0.15, 0.2) is 8.07 Å². The lowest BCUT2D eigenvalue weighted by Crippen LogP contribution is -2.74. The van der Waals surface area contributed by atoms with E-state index in [9.17, 15) is 0 Å². The monoisotopic (exact) mass is 1680 g/mol. The minimum absolute atomic E-state index is 1.14. The number of fused-ring (bicyclic) bond motifs is 12. The van der Waals surface area contributed by atoms with Crippen LogP contribution in [0.2, 0.25) is 0 Å². The van der Waals surface area contributed by atoms with Crippen molar-refractivity contribution >= 4 is 116 Å². The van der Waals surface area contributed by atoms with Gasteiger partial charge in [0.25, 0.3) is 0 Å². The molecule has 0 N–H and O–H groups in total. The van der Waals surface area contributed by atoms with Gasteiger partial charge in [0, 0.05) is 65.8 Å². The highest BCUT2D eigenvalue weighted by molar-refractivity contribution is 7.20. The van der Waals surface area contributed by atoms with Gasteiger partial charge < -0.3 is 18.3 Å². The molecule has 25 rings (SSSR count). The summed E-state index contributed by atoms with van der Waals surface area (Å²) in [6.07, 6.45) is 0. The summed E-state index contributed by atoms with van der Waals surface area (Å²) in [5.41, 5.74) is 33.4. The molecule has 0 aliphatic rings. The zero-order valence-electron chi connectivity index (χ0n) is 71.9. The van der Waals surface area contributed by atoms with Crippen LogP contribution in [0.3, 0.4) is 0 Å². The molecule has 614 valence electrons. The molecule has 0 amide bonds. The molecule has 131 heavy (non-hydrogen) atoms. The Kier molecular flexibility index (Phi) is 19.6. The number of rotatable bonds is 16. The highest BCUT2D eigenvalue weighted by Crippen LogP contribution is 2.44. The van der Waals surface area contributed by atoms with E-state index in [4.69, 9.17) is 0 Å². The average Bonchev–Trinajstić information content (AvgIpc) is 1.37. The van der Waals surface area contributed by atoms with Gasteiger partial charge >= 0.3 is 0 Å². The van der Waals surface area contributed by atoms with E-state index in [1.807, 2.05) is 0 Å². The molecule has 0 bridgehead atoms. The maximum absolute atomic E-state index is 2.74. The molecule has 0 saturated carbocycles. The maximum Gasteiger partial charge on any atom is 0.179 e. The summed E-state index contributed by atoms with van der Waals surface area (Å²) < 4.78 is 9.77. The van der Waals surface area contributed by atoms with E-state index < -0.39 is 8.07 Å². The minimum Gasteiger partial charge on any atom is -0.309 e. The van der Waals surface area contributed by atoms with Gasteiger partial charge in [-0.05, 0) is 243 Å². The summed E-state index contributed by atoms with van der Waals surface area (Å²) in [5, 5.41) is 15.4. The van der Waals surface area contributed by atoms with Crippen LogP contribution in [0.25, 0.3) is 199 Å². The van der Waals surface area contributed by atoms with Crippen molar-refractivity contribution in [3.05, 3.63) is 522 Å². The highest BCUT2D eigenvalue weighted by atomic mass is 28.3. The van der Waals surface area contributed by atoms with Crippen LogP contribution < -0.4 is 20.7 Å². The fraction of sp³-hybridized carbons (Fsp3) is 0. The van der Waals surface area contributed by atoms with Crippen molar-refractivity contribution in [1.29, 1.82) is 0 Å². The van der Waals surface area contributed by atoms with Gasteiger partial charge in [-0.3, -0.25) is 0 Å². The fourth-order valence-corrected chi connectivity index (χ4v) is 25.4. The Morgan fingerprint density at radius 3 is 0.618 bits per heavy atom. The molecule has 21 aromatic carbocycles. The third kappa shape index (κ3) is 13.9. The molecule has 0 saturated heterocycles. The number of benzene rings is 21. The first-order chi connectivity index (χ1) is 64.9. The van der Waals surface area contributed by atoms with Crippen LogP contribution in [0, 0.1) is 0 Å². The van der Waals surface area contributed by atoms with Crippen LogP contribution in [-0.2, 0) is 0 Å². The fourth-order valence-electron chi connectivity index (χ4n) is 20.6. The molecule has 5 heteroatoms. The summed E-state index contributed by atoms with van der Waals surface area (Å²) in [6.45, 7) is 0. The van der Waals surface area contributed by atoms with Crippen molar-refractivity contribution < 1.29 is 0 Å². The van der Waals surface area contributed by atoms with Crippen LogP contribution >= 0.6 is 0 Å². The standard InChI is InChI=1S/C66H46N2Si.C60H40N2/c1-5-18-47(19-6-1)48-32-34-49(35-33-48)50-36-40-53(41-37-50)67-63-30-15-13-28-59(63)61-44-51(38-42-65(61)67)52-39-43-66-62(45-52)60-29-14-16-31-64(60)68(66)54-20-17-27-58(46-54)69(55-21-7-2-8-22-55,56-23-9-3-10-24-56)57-25-11-4-12-26-57;1-5-17-41(18-6-1)47-33-48(42-19-7-2-8-20-42)36-51(35-47)61-57-27-15-13-25-53(57)55-39-45(29-31-59(55)61)46-30-32-60-56(40-46)54-26-14-16-28-58(54)62(60)52-37-49(43-21-9-3-10-22-43)34-50(38-52)44-23-11-4-12-24-44/h1-46H;1-40H. The van der Waals surface area contributed by atoms with Gasteiger partial charge in [0.2, 0.25) is 0 Å². The molecule has 0 atom stereocenters. The van der Waals surface area contributed by atoms with E-state index in [1.54, 1.807) is 0 Å². The number of nitrogens with zero attached hydrogens (tertiary/aromatic N) is 4. The summed E-state index contributed by atoms with van der Waals surface area (Å²) in [5.74, 6) is 0. The van der Waals surface area contributed by atoms with Gasteiger partial charge in [-0.2, -0.15) is 0 Å². The van der Waals surface area contributed by atoms with Crippen LogP contribution in [-0.4, -0.2) is 26.3 Å². The molecule has 0 unspecified atom stereocenters. The molecule has 4 heterocycles. The lowest BCUT2D eigenvalue weighted by Gasteiger charge is -2.34. The molecule has 0 aliphatic heterocycles. The third-order valence-electron chi connectivity index (χ3n) is 26.7. The number of hydrogen-bond acceptors (Lipinski definition) is 0. The van der Waals surface area contributed by atoms with Gasteiger partial charge in [-0.15, -0.1) is 0 Å². The summed E-state index contributed by atoms with van der Waals surface area (Å²) in [7, 11) is -2.74. The van der Waals surface area contributed by atoms with E-state index in [0.717, 1.165) is 22.7 Å². The predicted molar refractivity (Wildman–Crippen MR) is 557 cm³/mol. The topological polar surface area (TPSA) is 19.7 Å². The van der Waals surface area contributed by atoms with E-state index in [-0.39, 0.29) is 0 Å². The first-order valence-electron chi connectivity index (χ1n) is 45.2.